The predicted molar refractivity (Wildman–Crippen MR) is 77.0 cm³/mol. The Kier molecular flexibility index (Phi) is 6.78. The molecule has 1 saturated heterocycles. The lowest BCUT2D eigenvalue weighted by atomic mass is 10.1. The number of rotatable bonds is 7. The number of hydrogen-bond donors (Lipinski definition) is 2. The number of aliphatic hydroxyl groups excluding tert-OH is 2. The van der Waals surface area contributed by atoms with Crippen molar-refractivity contribution in [2.45, 2.75) is 56.4 Å². The number of aliphatic hydroxyl groups is 2. The molecule has 1 aliphatic rings. The summed E-state index contributed by atoms with van der Waals surface area (Å²) in [5.74, 6) is 1.27. The molecule has 1 rings (SSSR count). The third-order valence-corrected chi connectivity index (χ3v) is 5.34. The first-order valence-corrected chi connectivity index (χ1v) is 8.42. The van der Waals surface area contributed by atoms with Crippen molar-refractivity contribution < 1.29 is 19.7 Å². The normalized spacial score (nSPS) is 28.8. The fourth-order valence-electron chi connectivity index (χ4n) is 2.00. The van der Waals surface area contributed by atoms with Gasteiger partial charge < -0.3 is 19.7 Å². The van der Waals surface area contributed by atoms with E-state index in [4.69, 9.17) is 14.6 Å². The van der Waals surface area contributed by atoms with E-state index in [1.807, 2.05) is 13.8 Å². The van der Waals surface area contributed by atoms with Crippen LogP contribution in [0.5, 0.6) is 0 Å². The Balaban J connectivity index is 2.80. The molecule has 0 spiro atoms. The molecule has 1 aliphatic heterocycles. The van der Waals surface area contributed by atoms with Crippen molar-refractivity contribution in [2.75, 3.05) is 18.1 Å². The summed E-state index contributed by atoms with van der Waals surface area (Å²) in [6.45, 7) is 7.59. The number of thioether (sulfide) groups is 2. The molecule has 1 heterocycles. The molecule has 6 heteroatoms. The Labute approximate surface area is 118 Å². The van der Waals surface area contributed by atoms with Gasteiger partial charge in [-0.3, -0.25) is 0 Å². The molecule has 2 N–H and O–H groups in total. The van der Waals surface area contributed by atoms with Crippen molar-refractivity contribution in [3.05, 3.63) is 0 Å². The SMILES string of the molecule is CCSC(SCC)[C@H]1OC(C)(C)O[C@@H]1[C@H](O)CO. The molecule has 0 radical (unpaired) electrons. The molecule has 0 unspecified atom stereocenters. The fraction of sp³-hybridized carbons (Fsp3) is 1.00. The van der Waals surface area contributed by atoms with Crippen LogP contribution in [-0.4, -0.2) is 57.0 Å². The monoisotopic (exact) mass is 296 g/mol. The topological polar surface area (TPSA) is 58.9 Å². The minimum atomic E-state index is -0.894. The lowest BCUT2D eigenvalue weighted by molar-refractivity contribution is -0.156. The summed E-state index contributed by atoms with van der Waals surface area (Å²) < 4.78 is 11.9. The molecule has 0 amide bonds. The van der Waals surface area contributed by atoms with E-state index in [1.54, 1.807) is 23.5 Å². The second kappa shape index (κ2) is 7.36. The van der Waals surface area contributed by atoms with Crippen molar-refractivity contribution in [1.82, 2.24) is 0 Å². The van der Waals surface area contributed by atoms with Crippen LogP contribution in [0.25, 0.3) is 0 Å². The van der Waals surface area contributed by atoms with Gasteiger partial charge in [0, 0.05) is 0 Å². The van der Waals surface area contributed by atoms with Gasteiger partial charge in [0.15, 0.2) is 5.79 Å². The molecule has 0 aromatic rings. The second-order valence-electron chi connectivity index (χ2n) is 4.59. The van der Waals surface area contributed by atoms with Gasteiger partial charge in [0.25, 0.3) is 0 Å². The van der Waals surface area contributed by atoms with Crippen molar-refractivity contribution in [3.63, 3.8) is 0 Å². The number of ether oxygens (including phenoxy) is 2. The Morgan fingerprint density at radius 2 is 1.61 bits per heavy atom. The van der Waals surface area contributed by atoms with Crippen LogP contribution < -0.4 is 0 Å². The van der Waals surface area contributed by atoms with Gasteiger partial charge in [-0.05, 0) is 25.4 Å². The van der Waals surface area contributed by atoms with Crippen LogP contribution in [0.1, 0.15) is 27.7 Å². The summed E-state index contributed by atoms with van der Waals surface area (Å²) in [5, 5.41) is 19.0. The van der Waals surface area contributed by atoms with Gasteiger partial charge in [0.05, 0.1) is 11.2 Å². The zero-order valence-electron chi connectivity index (χ0n) is 11.5. The highest BCUT2D eigenvalue weighted by molar-refractivity contribution is 8.17. The van der Waals surface area contributed by atoms with Crippen molar-refractivity contribution >= 4 is 23.5 Å². The van der Waals surface area contributed by atoms with Crippen molar-refractivity contribution in [3.8, 4) is 0 Å². The summed E-state index contributed by atoms with van der Waals surface area (Å²) in [7, 11) is 0. The third kappa shape index (κ3) is 4.28. The lowest BCUT2D eigenvalue weighted by Gasteiger charge is -2.27. The molecule has 0 bridgehead atoms. The smallest absolute Gasteiger partial charge is 0.163 e. The molecule has 0 aromatic heterocycles. The second-order valence-corrected chi connectivity index (χ2v) is 7.73. The third-order valence-electron chi connectivity index (χ3n) is 2.66. The summed E-state index contributed by atoms with van der Waals surface area (Å²) in [6.07, 6.45) is -1.56. The number of hydrogen-bond acceptors (Lipinski definition) is 6. The summed E-state index contributed by atoms with van der Waals surface area (Å²) in [6, 6.07) is 0. The molecular formula is C12H24O4S2. The van der Waals surface area contributed by atoms with Crippen molar-refractivity contribution in [1.29, 1.82) is 0 Å². The largest absolute Gasteiger partial charge is 0.394 e. The molecular weight excluding hydrogens is 272 g/mol. The molecule has 4 nitrogen and oxygen atoms in total. The minimum absolute atomic E-state index is 0.197. The van der Waals surface area contributed by atoms with Gasteiger partial charge in [-0.2, -0.15) is 0 Å². The van der Waals surface area contributed by atoms with Crippen LogP contribution in [0, 0.1) is 0 Å². The molecule has 108 valence electrons. The first-order chi connectivity index (χ1) is 8.45. The summed E-state index contributed by atoms with van der Waals surface area (Å²) >= 11 is 3.59. The van der Waals surface area contributed by atoms with Crippen LogP contribution in [0.3, 0.4) is 0 Å². The minimum Gasteiger partial charge on any atom is -0.394 e. The average molecular weight is 296 g/mol. The zero-order chi connectivity index (χ0) is 13.8. The van der Waals surface area contributed by atoms with Crippen LogP contribution in [-0.2, 0) is 9.47 Å². The Morgan fingerprint density at radius 1 is 1.11 bits per heavy atom. The summed E-state index contributed by atoms with van der Waals surface area (Å²) in [4.78, 5) is 0. The maximum absolute atomic E-state index is 9.87. The summed E-state index contributed by atoms with van der Waals surface area (Å²) in [5.41, 5.74) is 0. The van der Waals surface area contributed by atoms with Crippen LogP contribution >= 0.6 is 23.5 Å². The van der Waals surface area contributed by atoms with E-state index < -0.39 is 18.0 Å². The van der Waals surface area contributed by atoms with E-state index in [1.165, 1.54) is 0 Å². The molecule has 0 aromatic carbocycles. The van der Waals surface area contributed by atoms with Crippen LogP contribution in [0.2, 0.25) is 0 Å². The van der Waals surface area contributed by atoms with E-state index in [-0.39, 0.29) is 17.3 Å². The van der Waals surface area contributed by atoms with Gasteiger partial charge in [-0.1, -0.05) is 13.8 Å². The molecule has 0 aliphatic carbocycles. The highest BCUT2D eigenvalue weighted by atomic mass is 32.2. The quantitative estimate of drug-likeness (QED) is 0.697. The van der Waals surface area contributed by atoms with Crippen LogP contribution in [0.15, 0.2) is 0 Å². The van der Waals surface area contributed by atoms with Crippen molar-refractivity contribution in [2.24, 2.45) is 0 Å². The Morgan fingerprint density at radius 3 is 2.06 bits per heavy atom. The van der Waals surface area contributed by atoms with E-state index in [0.717, 1.165) is 11.5 Å². The highest BCUT2D eigenvalue weighted by Crippen LogP contribution is 2.39. The molecule has 18 heavy (non-hydrogen) atoms. The van der Waals surface area contributed by atoms with Crippen LogP contribution in [0.4, 0.5) is 0 Å². The average Bonchev–Trinajstić information content (AvgIpc) is 2.64. The van der Waals surface area contributed by atoms with Gasteiger partial charge in [-0.25, -0.2) is 0 Å². The molecule has 1 fully saturated rings. The highest BCUT2D eigenvalue weighted by Gasteiger charge is 2.48. The molecule has 3 atom stereocenters. The Bertz CT molecular complexity index is 244. The first-order valence-electron chi connectivity index (χ1n) is 6.33. The standard InChI is InChI=1S/C12H24O4S2/c1-5-17-11(18-6-2)10-9(8(14)7-13)15-12(3,4)16-10/h8-11,13-14H,5-7H2,1-4H3/t8-,9-,10+/m1/s1. The Hall–Kier alpha value is 0.540. The first kappa shape index (κ1) is 16.6. The van der Waals surface area contributed by atoms with E-state index >= 15 is 0 Å². The van der Waals surface area contributed by atoms with E-state index in [2.05, 4.69) is 13.8 Å². The van der Waals surface area contributed by atoms with Gasteiger partial charge in [-0.15, -0.1) is 23.5 Å². The fourth-order valence-corrected chi connectivity index (χ4v) is 4.65. The lowest BCUT2D eigenvalue weighted by Crippen LogP contribution is -2.42. The maximum atomic E-state index is 9.87. The maximum Gasteiger partial charge on any atom is 0.163 e. The van der Waals surface area contributed by atoms with Gasteiger partial charge in [0.1, 0.15) is 18.3 Å². The molecule has 0 saturated carbocycles. The zero-order valence-corrected chi connectivity index (χ0v) is 13.1. The van der Waals surface area contributed by atoms with E-state index in [0.29, 0.717) is 0 Å². The van der Waals surface area contributed by atoms with E-state index in [9.17, 15) is 5.11 Å². The van der Waals surface area contributed by atoms with Gasteiger partial charge in [0.2, 0.25) is 0 Å². The predicted octanol–water partition coefficient (Wildman–Crippen LogP) is 1.69. The van der Waals surface area contributed by atoms with Gasteiger partial charge >= 0.3 is 0 Å².